The zero-order valence-electron chi connectivity index (χ0n) is 7.62. The van der Waals surface area contributed by atoms with E-state index in [0.29, 0.717) is 12.3 Å². The third-order valence-electron chi connectivity index (χ3n) is 2.80. The van der Waals surface area contributed by atoms with Gasteiger partial charge in [-0.3, -0.25) is 4.79 Å². The average Bonchev–Trinajstić information content (AvgIpc) is 2.43. The molecule has 0 radical (unpaired) electrons. The van der Waals surface area contributed by atoms with Gasteiger partial charge in [0.25, 0.3) is 0 Å². The molecule has 2 rings (SSSR count). The molecule has 0 aromatic heterocycles. The molecule has 0 unspecified atom stereocenters. The Hall–Kier alpha value is -0.830. The van der Waals surface area contributed by atoms with Crippen molar-refractivity contribution < 1.29 is 9.90 Å². The summed E-state index contributed by atoms with van der Waals surface area (Å²) in [7, 11) is 0. The van der Waals surface area contributed by atoms with Crippen molar-refractivity contribution in [3.8, 4) is 0 Å². The predicted octanol–water partition coefficient (Wildman–Crippen LogP) is 0.594. The molecule has 0 aromatic carbocycles. The van der Waals surface area contributed by atoms with E-state index in [2.05, 4.69) is 5.32 Å². The first-order chi connectivity index (χ1) is 6.24. The number of aliphatic hydroxyl groups excluding tert-OH is 1. The Morgan fingerprint density at radius 2 is 2.23 bits per heavy atom. The first-order valence-electron chi connectivity index (χ1n) is 4.89. The molecule has 2 aliphatic rings. The van der Waals surface area contributed by atoms with Crippen LogP contribution in [-0.2, 0) is 4.79 Å². The van der Waals surface area contributed by atoms with Gasteiger partial charge in [0.2, 0.25) is 0 Å². The molecule has 0 amide bonds. The molecule has 0 saturated heterocycles. The minimum absolute atomic E-state index is 0.0778. The summed E-state index contributed by atoms with van der Waals surface area (Å²) in [6, 6.07) is 0. The molecule has 3 nitrogen and oxygen atoms in total. The first kappa shape index (κ1) is 8.75. The number of aliphatic hydroxyl groups is 1. The Labute approximate surface area is 77.8 Å². The van der Waals surface area contributed by atoms with Crippen LogP contribution in [0.5, 0.6) is 0 Å². The van der Waals surface area contributed by atoms with E-state index in [-0.39, 0.29) is 11.9 Å². The Balaban J connectivity index is 1.68. The highest BCUT2D eigenvalue weighted by Gasteiger charge is 2.27. The summed E-state index contributed by atoms with van der Waals surface area (Å²) in [5, 5.41) is 12.3. The molecular weight excluding hydrogens is 166 g/mol. The smallest absolute Gasteiger partial charge is 0.157 e. The zero-order chi connectivity index (χ0) is 9.26. The summed E-state index contributed by atoms with van der Waals surface area (Å²) in [4.78, 5) is 10.9. The summed E-state index contributed by atoms with van der Waals surface area (Å²) in [5.41, 5.74) is 1.08. The average molecular weight is 181 g/mol. The van der Waals surface area contributed by atoms with Crippen molar-refractivity contribution >= 4 is 5.78 Å². The Morgan fingerprint density at radius 1 is 1.46 bits per heavy atom. The van der Waals surface area contributed by atoms with Crippen LogP contribution in [-0.4, -0.2) is 23.5 Å². The predicted molar refractivity (Wildman–Crippen MR) is 49.1 cm³/mol. The molecule has 0 bridgehead atoms. The molecule has 13 heavy (non-hydrogen) atoms. The van der Waals surface area contributed by atoms with Gasteiger partial charge in [-0.15, -0.1) is 0 Å². The van der Waals surface area contributed by atoms with Gasteiger partial charge in [-0.25, -0.2) is 0 Å². The van der Waals surface area contributed by atoms with Crippen molar-refractivity contribution in [2.24, 2.45) is 5.92 Å². The van der Waals surface area contributed by atoms with Crippen LogP contribution in [0.4, 0.5) is 0 Å². The maximum atomic E-state index is 10.9. The topological polar surface area (TPSA) is 49.3 Å². The van der Waals surface area contributed by atoms with E-state index in [1.165, 1.54) is 0 Å². The molecule has 0 aliphatic heterocycles. The van der Waals surface area contributed by atoms with Gasteiger partial charge in [-0.05, 0) is 25.2 Å². The van der Waals surface area contributed by atoms with Crippen molar-refractivity contribution in [3.05, 3.63) is 11.8 Å². The fourth-order valence-electron chi connectivity index (χ4n) is 1.88. The van der Waals surface area contributed by atoms with Gasteiger partial charge in [-0.1, -0.05) is 0 Å². The van der Waals surface area contributed by atoms with Crippen LogP contribution in [0.1, 0.15) is 25.7 Å². The third kappa shape index (κ3) is 2.10. The van der Waals surface area contributed by atoms with E-state index in [1.54, 1.807) is 6.08 Å². The van der Waals surface area contributed by atoms with Crippen LogP contribution in [0, 0.1) is 5.92 Å². The lowest BCUT2D eigenvalue weighted by Gasteiger charge is -2.31. The number of allylic oxidation sites excluding steroid dienone is 2. The standard InChI is InChI=1S/C10H15NO2/c12-9-2-1-8(5-9)11-6-7-3-10(13)4-7/h5,7,10-11,13H,1-4,6H2. The lowest BCUT2D eigenvalue weighted by Crippen LogP contribution is -2.35. The molecule has 3 heteroatoms. The molecular formula is C10H15NO2. The van der Waals surface area contributed by atoms with Crippen LogP contribution in [0.15, 0.2) is 11.8 Å². The number of nitrogens with one attached hydrogen (secondary N) is 1. The molecule has 1 fully saturated rings. The Bertz CT molecular complexity index is 241. The van der Waals surface area contributed by atoms with Crippen molar-refractivity contribution in [2.45, 2.75) is 31.8 Å². The minimum Gasteiger partial charge on any atom is -0.393 e. The van der Waals surface area contributed by atoms with E-state index in [4.69, 9.17) is 5.11 Å². The largest absolute Gasteiger partial charge is 0.393 e. The second-order valence-corrected chi connectivity index (χ2v) is 4.01. The number of ketones is 1. The highest BCUT2D eigenvalue weighted by Crippen LogP contribution is 2.26. The highest BCUT2D eigenvalue weighted by molar-refractivity contribution is 5.92. The molecule has 0 aromatic rings. The monoisotopic (exact) mass is 181 g/mol. The highest BCUT2D eigenvalue weighted by atomic mass is 16.3. The van der Waals surface area contributed by atoms with Crippen molar-refractivity contribution in [3.63, 3.8) is 0 Å². The molecule has 72 valence electrons. The Morgan fingerprint density at radius 3 is 2.77 bits per heavy atom. The van der Waals surface area contributed by atoms with E-state index in [0.717, 1.165) is 31.5 Å². The van der Waals surface area contributed by atoms with Crippen LogP contribution in [0.2, 0.25) is 0 Å². The summed E-state index contributed by atoms with van der Waals surface area (Å²) in [5.74, 6) is 0.836. The van der Waals surface area contributed by atoms with Gasteiger partial charge < -0.3 is 10.4 Å². The van der Waals surface area contributed by atoms with Crippen LogP contribution in [0.25, 0.3) is 0 Å². The van der Waals surface area contributed by atoms with Gasteiger partial charge in [0.1, 0.15) is 0 Å². The van der Waals surface area contributed by atoms with Gasteiger partial charge >= 0.3 is 0 Å². The van der Waals surface area contributed by atoms with E-state index in [9.17, 15) is 4.79 Å². The van der Waals surface area contributed by atoms with Crippen molar-refractivity contribution in [1.29, 1.82) is 0 Å². The Kier molecular flexibility index (Phi) is 2.36. The quantitative estimate of drug-likeness (QED) is 0.670. The lowest BCUT2D eigenvalue weighted by atomic mass is 9.82. The molecule has 2 aliphatic carbocycles. The SMILES string of the molecule is O=C1C=C(NCC2CC(O)C2)CC1. The van der Waals surface area contributed by atoms with Gasteiger partial charge in [0.15, 0.2) is 5.78 Å². The molecule has 2 N–H and O–H groups in total. The summed E-state index contributed by atoms with van der Waals surface area (Å²) >= 11 is 0. The zero-order valence-corrected chi connectivity index (χ0v) is 7.62. The number of rotatable bonds is 3. The van der Waals surface area contributed by atoms with E-state index in [1.807, 2.05) is 0 Å². The second-order valence-electron chi connectivity index (χ2n) is 4.01. The molecule has 0 atom stereocenters. The number of carbonyl (C=O) groups excluding carboxylic acids is 1. The van der Waals surface area contributed by atoms with Crippen molar-refractivity contribution in [2.75, 3.05) is 6.54 Å². The summed E-state index contributed by atoms with van der Waals surface area (Å²) in [6.07, 6.45) is 4.98. The first-order valence-corrected chi connectivity index (χ1v) is 4.89. The maximum Gasteiger partial charge on any atom is 0.157 e. The maximum absolute atomic E-state index is 10.9. The fraction of sp³-hybridized carbons (Fsp3) is 0.700. The van der Waals surface area contributed by atoms with Crippen LogP contribution < -0.4 is 5.32 Å². The summed E-state index contributed by atoms with van der Waals surface area (Å²) in [6.45, 7) is 0.913. The normalized spacial score (nSPS) is 32.7. The summed E-state index contributed by atoms with van der Waals surface area (Å²) < 4.78 is 0. The lowest BCUT2D eigenvalue weighted by molar-refractivity contribution is -0.114. The van der Waals surface area contributed by atoms with Gasteiger partial charge in [0, 0.05) is 24.7 Å². The fourth-order valence-corrected chi connectivity index (χ4v) is 1.88. The number of hydrogen-bond acceptors (Lipinski definition) is 3. The van der Waals surface area contributed by atoms with Gasteiger partial charge in [-0.2, -0.15) is 0 Å². The molecule has 1 saturated carbocycles. The molecule has 0 spiro atoms. The van der Waals surface area contributed by atoms with E-state index >= 15 is 0 Å². The number of carbonyl (C=O) groups is 1. The second kappa shape index (κ2) is 3.50. The van der Waals surface area contributed by atoms with Crippen LogP contribution >= 0.6 is 0 Å². The molecule has 0 heterocycles. The minimum atomic E-state index is -0.0778. The van der Waals surface area contributed by atoms with Crippen molar-refractivity contribution in [1.82, 2.24) is 5.32 Å². The number of hydrogen-bond donors (Lipinski definition) is 2. The van der Waals surface area contributed by atoms with E-state index < -0.39 is 0 Å². The van der Waals surface area contributed by atoms with Crippen LogP contribution in [0.3, 0.4) is 0 Å². The van der Waals surface area contributed by atoms with Gasteiger partial charge in [0.05, 0.1) is 6.10 Å². The third-order valence-corrected chi connectivity index (χ3v) is 2.80.